The van der Waals surface area contributed by atoms with E-state index in [4.69, 9.17) is 10.00 Å². The summed E-state index contributed by atoms with van der Waals surface area (Å²) < 4.78 is 5.18. The lowest BCUT2D eigenvalue weighted by Gasteiger charge is -2.09. The molecule has 0 N–H and O–H groups in total. The van der Waals surface area contributed by atoms with Gasteiger partial charge in [-0.25, -0.2) is 0 Å². The van der Waals surface area contributed by atoms with Gasteiger partial charge in [-0.1, -0.05) is 12.1 Å². The molecule has 0 saturated carbocycles. The van der Waals surface area contributed by atoms with E-state index in [0.29, 0.717) is 23.3 Å². The maximum Gasteiger partial charge on any atom is 0.0991 e. The number of nitrogens with zero attached hydrogens (tertiary/aromatic N) is 1. The van der Waals surface area contributed by atoms with E-state index in [1.165, 1.54) is 0 Å². The highest BCUT2D eigenvalue weighted by Gasteiger charge is 2.03. The molecule has 0 amide bonds. The normalized spacial score (nSPS) is 10.9. The average Bonchev–Trinajstić information content (AvgIpc) is 2.34. The van der Waals surface area contributed by atoms with E-state index in [9.17, 15) is 9.90 Å². The molecule has 1 aromatic carbocycles. The molecule has 0 unspecified atom stereocenters. The molecule has 0 saturated heterocycles. The zero-order chi connectivity index (χ0) is 12.7. The van der Waals surface area contributed by atoms with Gasteiger partial charge in [0.15, 0.2) is 0 Å². The third kappa shape index (κ3) is 4.09. The van der Waals surface area contributed by atoms with E-state index >= 15 is 0 Å². The molecule has 0 aliphatic heterocycles. The number of carbonyl (C=O) groups excluding carboxylic acids is 1. The summed E-state index contributed by atoms with van der Waals surface area (Å²) in [6.45, 7) is 2.49. The van der Waals surface area contributed by atoms with Gasteiger partial charge in [0.2, 0.25) is 0 Å². The Morgan fingerprint density at radius 2 is 2.35 bits per heavy atom. The molecule has 0 heterocycles. The zero-order valence-corrected chi connectivity index (χ0v) is 9.47. The van der Waals surface area contributed by atoms with Crippen LogP contribution in [-0.2, 0) is 9.53 Å². The zero-order valence-electron chi connectivity index (χ0n) is 9.47. The second-order valence-electron chi connectivity index (χ2n) is 3.32. The van der Waals surface area contributed by atoms with E-state index < -0.39 is 5.97 Å². The highest BCUT2D eigenvalue weighted by atomic mass is 16.5. The van der Waals surface area contributed by atoms with E-state index in [2.05, 4.69) is 0 Å². The van der Waals surface area contributed by atoms with E-state index in [1.54, 1.807) is 24.3 Å². The third-order valence-corrected chi connectivity index (χ3v) is 2.12. The Morgan fingerprint density at radius 3 is 2.94 bits per heavy atom. The van der Waals surface area contributed by atoms with Crippen LogP contribution in [-0.4, -0.2) is 19.2 Å². The quantitative estimate of drug-likeness (QED) is 0.699. The predicted octanol–water partition coefficient (Wildman–Crippen LogP) is 0.728. The molecule has 0 fully saturated rings. The summed E-state index contributed by atoms with van der Waals surface area (Å²) in [5.41, 5.74) is 1.62. The molecular weight excluding hydrogens is 218 g/mol. The highest BCUT2D eigenvalue weighted by Crippen LogP contribution is 2.16. The van der Waals surface area contributed by atoms with Gasteiger partial charge in [-0.3, -0.25) is 0 Å². The third-order valence-electron chi connectivity index (χ3n) is 2.12. The number of carboxylic acid groups (broad SMARTS) is 1. The summed E-state index contributed by atoms with van der Waals surface area (Å²) in [5, 5.41) is 19.4. The molecule has 4 heteroatoms. The van der Waals surface area contributed by atoms with E-state index in [1.807, 2.05) is 13.0 Å². The van der Waals surface area contributed by atoms with Crippen molar-refractivity contribution in [3.8, 4) is 6.07 Å². The van der Waals surface area contributed by atoms with Crippen LogP contribution in [0, 0.1) is 11.3 Å². The largest absolute Gasteiger partial charge is 0.545 e. The number of aliphatic carboxylic acids is 1. The summed E-state index contributed by atoms with van der Waals surface area (Å²) in [5.74, 6) is -1.28. The second-order valence-corrected chi connectivity index (χ2v) is 3.32. The van der Waals surface area contributed by atoms with Gasteiger partial charge in [0.25, 0.3) is 0 Å². The van der Waals surface area contributed by atoms with Crippen molar-refractivity contribution >= 4 is 11.5 Å². The highest BCUT2D eigenvalue weighted by molar-refractivity contribution is 5.89. The first-order valence-corrected chi connectivity index (χ1v) is 5.17. The first-order valence-electron chi connectivity index (χ1n) is 5.17. The van der Waals surface area contributed by atoms with Gasteiger partial charge in [-0.05, 0) is 36.3 Å². The lowest BCUT2D eigenvalue weighted by molar-refractivity contribution is -0.297. The van der Waals surface area contributed by atoms with Crippen molar-refractivity contribution in [1.82, 2.24) is 0 Å². The minimum atomic E-state index is -1.28. The molecule has 0 atom stereocenters. The number of benzene rings is 1. The van der Waals surface area contributed by atoms with Crippen molar-refractivity contribution in [2.45, 2.75) is 6.92 Å². The first-order chi connectivity index (χ1) is 8.17. The van der Waals surface area contributed by atoms with E-state index in [0.717, 1.165) is 6.08 Å². The number of nitriles is 1. The molecule has 17 heavy (non-hydrogen) atoms. The number of ether oxygens (including phenoxy) is 1. The lowest BCUT2D eigenvalue weighted by atomic mass is 10.0. The summed E-state index contributed by atoms with van der Waals surface area (Å²) >= 11 is 0. The van der Waals surface area contributed by atoms with Crippen molar-refractivity contribution in [1.29, 1.82) is 5.26 Å². The molecular formula is C13H12NO3-. The Bertz CT molecular complexity index is 472. The van der Waals surface area contributed by atoms with Crippen LogP contribution < -0.4 is 5.11 Å². The summed E-state index contributed by atoms with van der Waals surface area (Å²) in [6, 6.07) is 8.70. The maximum absolute atomic E-state index is 10.6. The Hall–Kier alpha value is -2.12. The Kier molecular flexibility index (Phi) is 4.92. The molecule has 0 radical (unpaired) electrons. The smallest absolute Gasteiger partial charge is 0.0991 e. The number of rotatable bonds is 5. The van der Waals surface area contributed by atoms with Gasteiger partial charge < -0.3 is 14.6 Å². The molecule has 0 aromatic heterocycles. The van der Waals surface area contributed by atoms with Crippen LogP contribution in [0.25, 0.3) is 5.57 Å². The number of carbonyl (C=O) groups is 1. The fraction of sp³-hybridized carbons (Fsp3) is 0.231. The van der Waals surface area contributed by atoms with Gasteiger partial charge in [0, 0.05) is 6.61 Å². The topological polar surface area (TPSA) is 73.2 Å². The summed E-state index contributed by atoms with van der Waals surface area (Å²) in [7, 11) is 0. The standard InChI is InChI=1S/C13H13NO3/c1-2-17-9-12(7-13(15)16)11-5-3-4-10(6-11)8-14/h3-7H,2,9H2,1H3,(H,15,16)/p-1/b12-7-. The van der Waals surface area contributed by atoms with Gasteiger partial charge in [-0.15, -0.1) is 0 Å². The van der Waals surface area contributed by atoms with Gasteiger partial charge in [-0.2, -0.15) is 5.26 Å². The van der Waals surface area contributed by atoms with Crippen LogP contribution in [0.3, 0.4) is 0 Å². The predicted molar refractivity (Wildman–Crippen MR) is 60.6 cm³/mol. The van der Waals surface area contributed by atoms with Crippen LogP contribution in [0.2, 0.25) is 0 Å². The molecule has 0 aliphatic rings. The van der Waals surface area contributed by atoms with Crippen LogP contribution >= 0.6 is 0 Å². The van der Waals surface area contributed by atoms with Gasteiger partial charge in [0.1, 0.15) is 0 Å². The van der Waals surface area contributed by atoms with Crippen molar-refractivity contribution < 1.29 is 14.6 Å². The fourth-order valence-corrected chi connectivity index (χ4v) is 1.35. The molecule has 0 bridgehead atoms. The van der Waals surface area contributed by atoms with Gasteiger partial charge in [0.05, 0.1) is 24.2 Å². The van der Waals surface area contributed by atoms with Crippen molar-refractivity contribution in [3.63, 3.8) is 0 Å². The van der Waals surface area contributed by atoms with Crippen LogP contribution in [0.1, 0.15) is 18.1 Å². The minimum Gasteiger partial charge on any atom is -0.545 e. The van der Waals surface area contributed by atoms with Crippen LogP contribution in [0.4, 0.5) is 0 Å². The molecule has 88 valence electrons. The Labute approximate surface area is 99.8 Å². The van der Waals surface area contributed by atoms with Crippen LogP contribution in [0.5, 0.6) is 0 Å². The Balaban J connectivity index is 3.04. The molecule has 0 aliphatic carbocycles. The fourth-order valence-electron chi connectivity index (χ4n) is 1.35. The number of hydrogen-bond donors (Lipinski definition) is 0. The molecule has 4 nitrogen and oxygen atoms in total. The minimum absolute atomic E-state index is 0.180. The Morgan fingerprint density at radius 1 is 1.59 bits per heavy atom. The monoisotopic (exact) mass is 230 g/mol. The van der Waals surface area contributed by atoms with Crippen molar-refractivity contribution in [2.24, 2.45) is 0 Å². The van der Waals surface area contributed by atoms with Gasteiger partial charge >= 0.3 is 0 Å². The van der Waals surface area contributed by atoms with Crippen molar-refractivity contribution in [2.75, 3.05) is 13.2 Å². The first kappa shape index (κ1) is 12.9. The number of carboxylic acids is 1. The second kappa shape index (κ2) is 6.46. The number of hydrogen-bond acceptors (Lipinski definition) is 4. The van der Waals surface area contributed by atoms with E-state index in [-0.39, 0.29) is 6.61 Å². The lowest BCUT2D eigenvalue weighted by Crippen LogP contribution is -2.20. The molecule has 1 rings (SSSR count). The molecule has 0 spiro atoms. The van der Waals surface area contributed by atoms with Crippen molar-refractivity contribution in [3.05, 3.63) is 41.5 Å². The van der Waals surface area contributed by atoms with Crippen LogP contribution in [0.15, 0.2) is 30.3 Å². The maximum atomic E-state index is 10.6. The summed E-state index contributed by atoms with van der Waals surface area (Å²) in [6.07, 6.45) is 0.992. The average molecular weight is 230 g/mol. The molecule has 1 aromatic rings. The summed E-state index contributed by atoms with van der Waals surface area (Å²) in [4.78, 5) is 10.6. The SMILES string of the molecule is CCOC/C(=C/C(=O)[O-])c1cccc(C#N)c1.